The topological polar surface area (TPSA) is 75.6 Å². The molecule has 0 amide bonds. The first-order valence-corrected chi connectivity index (χ1v) is 14.1. The molecule has 0 unspecified atom stereocenters. The summed E-state index contributed by atoms with van der Waals surface area (Å²) in [5.74, 6) is 1.54. The molecule has 0 radical (unpaired) electrons. The van der Waals surface area contributed by atoms with Crippen molar-refractivity contribution in [2.45, 2.75) is 56.9 Å². The number of methoxy groups -OCH3 is 2. The molecule has 0 heterocycles. The lowest BCUT2D eigenvalue weighted by atomic mass is 10.2. The summed E-state index contributed by atoms with van der Waals surface area (Å²) in [5.41, 5.74) is 3.94. The van der Waals surface area contributed by atoms with Crippen molar-refractivity contribution >= 4 is 0 Å². The quantitative estimate of drug-likeness (QED) is 0.208. The van der Waals surface area contributed by atoms with E-state index in [9.17, 15) is 5.11 Å². The van der Waals surface area contributed by atoms with Crippen molar-refractivity contribution in [1.29, 1.82) is 0 Å². The van der Waals surface area contributed by atoms with Crippen LogP contribution in [0.3, 0.4) is 0 Å². The average Bonchev–Trinajstić information content (AvgIpc) is 3.30. The van der Waals surface area contributed by atoms with Crippen LogP contribution in [-0.2, 0) is 45.4 Å². The third kappa shape index (κ3) is 7.76. The third-order valence-electron chi connectivity index (χ3n) is 7.42. The molecule has 1 fully saturated rings. The molecule has 0 aromatic heterocycles. The number of rotatable bonds is 14. The predicted molar refractivity (Wildman–Crippen MR) is 159 cm³/mol. The normalized spacial score (nSPS) is 21.7. The Hall–Kier alpha value is -3.72. The van der Waals surface area contributed by atoms with E-state index in [0.717, 1.165) is 33.8 Å². The van der Waals surface area contributed by atoms with Crippen LogP contribution in [0.2, 0.25) is 0 Å². The Morgan fingerprint density at radius 3 is 1.07 bits per heavy atom. The third-order valence-corrected chi connectivity index (χ3v) is 7.42. The van der Waals surface area contributed by atoms with Gasteiger partial charge in [-0.2, -0.15) is 0 Å². The first kappa shape index (κ1) is 29.8. The molecule has 0 saturated heterocycles. The van der Waals surface area contributed by atoms with Crippen LogP contribution in [0.4, 0.5) is 0 Å². The summed E-state index contributed by atoms with van der Waals surface area (Å²) in [5, 5.41) is 11.6. The van der Waals surface area contributed by atoms with Crippen LogP contribution >= 0.6 is 0 Å². The summed E-state index contributed by atoms with van der Waals surface area (Å²) < 4.78 is 36.3. The molecular formula is C35H38O7. The molecule has 1 saturated carbocycles. The fourth-order valence-corrected chi connectivity index (χ4v) is 5.08. The Balaban J connectivity index is 1.38. The predicted octanol–water partition coefficient (Wildman–Crippen LogP) is 5.72. The smallest absolute Gasteiger partial charge is 0.118 e. The average molecular weight is 571 g/mol. The maximum Gasteiger partial charge on any atom is 0.118 e. The molecule has 0 bridgehead atoms. The maximum atomic E-state index is 11.6. The molecule has 5 rings (SSSR count). The van der Waals surface area contributed by atoms with Gasteiger partial charge in [-0.15, -0.1) is 0 Å². The minimum Gasteiger partial charge on any atom is -0.497 e. The Kier molecular flexibility index (Phi) is 10.6. The minimum absolute atomic E-state index is 0.283. The first-order chi connectivity index (χ1) is 20.6. The Morgan fingerprint density at radius 1 is 0.429 bits per heavy atom. The monoisotopic (exact) mass is 570 g/mol. The first-order valence-electron chi connectivity index (χ1n) is 14.1. The second-order valence-corrected chi connectivity index (χ2v) is 10.3. The van der Waals surface area contributed by atoms with Gasteiger partial charge in [0.05, 0.1) is 40.6 Å². The summed E-state index contributed by atoms with van der Waals surface area (Å²) in [6.07, 6.45) is -3.51. The number of aliphatic hydroxyl groups is 1. The van der Waals surface area contributed by atoms with Gasteiger partial charge in [0.15, 0.2) is 0 Å². The molecule has 7 nitrogen and oxygen atoms in total. The highest BCUT2D eigenvalue weighted by Crippen LogP contribution is 2.34. The van der Waals surface area contributed by atoms with Crippen LogP contribution in [-0.4, -0.2) is 49.8 Å². The zero-order valence-corrected chi connectivity index (χ0v) is 24.0. The van der Waals surface area contributed by atoms with Crippen molar-refractivity contribution in [3.8, 4) is 11.5 Å². The Labute approximate surface area is 247 Å². The van der Waals surface area contributed by atoms with E-state index in [1.54, 1.807) is 14.2 Å². The lowest BCUT2D eigenvalue weighted by Gasteiger charge is -2.27. The van der Waals surface area contributed by atoms with Gasteiger partial charge in [-0.3, -0.25) is 0 Å². The van der Waals surface area contributed by atoms with Gasteiger partial charge in [0.2, 0.25) is 0 Å². The molecule has 220 valence electrons. The number of hydrogen-bond acceptors (Lipinski definition) is 7. The number of hydrogen-bond donors (Lipinski definition) is 1. The molecule has 4 aromatic carbocycles. The second kappa shape index (κ2) is 15.0. The largest absolute Gasteiger partial charge is 0.497 e. The van der Waals surface area contributed by atoms with Crippen LogP contribution in [0.15, 0.2) is 109 Å². The van der Waals surface area contributed by atoms with Crippen LogP contribution < -0.4 is 9.47 Å². The van der Waals surface area contributed by atoms with E-state index in [1.807, 2.05) is 109 Å². The van der Waals surface area contributed by atoms with Crippen LogP contribution in [0.1, 0.15) is 22.3 Å². The van der Waals surface area contributed by atoms with Gasteiger partial charge in [0, 0.05) is 0 Å². The van der Waals surface area contributed by atoms with E-state index >= 15 is 0 Å². The molecule has 42 heavy (non-hydrogen) atoms. The van der Waals surface area contributed by atoms with Gasteiger partial charge in [-0.05, 0) is 46.5 Å². The van der Waals surface area contributed by atoms with Gasteiger partial charge in [-0.1, -0.05) is 84.9 Å². The summed E-state index contributed by atoms with van der Waals surface area (Å²) >= 11 is 0. The highest BCUT2D eigenvalue weighted by molar-refractivity contribution is 5.28. The molecule has 4 aromatic rings. The SMILES string of the molecule is COc1ccc(CO[C@@H]2[C@@H](OCc3ccccc3)[C@H](OCc3ccccc3)[C@H](O)[C@H]2OCc2ccc(OC)cc2)cc1. The van der Waals surface area contributed by atoms with Crippen molar-refractivity contribution in [1.82, 2.24) is 0 Å². The van der Waals surface area contributed by atoms with Crippen LogP contribution in [0, 0.1) is 0 Å². The molecule has 0 aliphatic heterocycles. The van der Waals surface area contributed by atoms with E-state index in [1.165, 1.54) is 0 Å². The molecule has 0 spiro atoms. The van der Waals surface area contributed by atoms with Gasteiger partial charge < -0.3 is 33.5 Å². The van der Waals surface area contributed by atoms with Crippen molar-refractivity contribution in [2.24, 2.45) is 0 Å². The highest BCUT2D eigenvalue weighted by atomic mass is 16.6. The summed E-state index contributed by atoms with van der Waals surface area (Å²) in [7, 11) is 3.27. The highest BCUT2D eigenvalue weighted by Gasteiger charge is 2.53. The summed E-state index contributed by atoms with van der Waals surface area (Å²) in [6, 6.07) is 35.2. The lowest BCUT2D eigenvalue weighted by molar-refractivity contribution is -0.141. The van der Waals surface area contributed by atoms with E-state index in [2.05, 4.69) is 0 Å². The zero-order chi connectivity index (χ0) is 29.1. The second-order valence-electron chi connectivity index (χ2n) is 10.3. The number of ether oxygens (including phenoxy) is 6. The van der Waals surface area contributed by atoms with Crippen molar-refractivity contribution < 1.29 is 33.5 Å². The minimum atomic E-state index is -0.978. The van der Waals surface area contributed by atoms with E-state index in [0.29, 0.717) is 19.8 Å². The Bertz CT molecular complexity index is 1330. The van der Waals surface area contributed by atoms with Crippen LogP contribution in [0.25, 0.3) is 0 Å². The lowest BCUT2D eigenvalue weighted by Crippen LogP contribution is -2.39. The molecule has 1 aliphatic rings. The number of aliphatic hydroxyl groups excluding tert-OH is 1. The van der Waals surface area contributed by atoms with Gasteiger partial charge >= 0.3 is 0 Å². The molecule has 7 heteroatoms. The van der Waals surface area contributed by atoms with E-state index in [-0.39, 0.29) is 6.61 Å². The molecule has 1 N–H and O–H groups in total. The maximum absolute atomic E-state index is 11.6. The van der Waals surface area contributed by atoms with Gasteiger partial charge in [0.25, 0.3) is 0 Å². The standard InChI is InChI=1S/C35H38O7/c1-37-29-17-13-27(14-18-29)23-40-33-31(36)32(39-21-25-9-5-3-6-10-25)34(41-22-26-11-7-4-8-12-26)35(33)42-24-28-15-19-30(38-2)20-16-28/h3-20,31-36H,21-24H2,1-2H3/t31-,32+,33+,34-,35-/m0/s1. The van der Waals surface area contributed by atoms with E-state index < -0.39 is 30.5 Å². The van der Waals surface area contributed by atoms with Crippen LogP contribution in [0.5, 0.6) is 11.5 Å². The Morgan fingerprint density at radius 2 is 0.738 bits per heavy atom. The fraction of sp³-hybridized carbons (Fsp3) is 0.314. The number of benzene rings is 4. The van der Waals surface area contributed by atoms with Gasteiger partial charge in [0.1, 0.15) is 42.0 Å². The van der Waals surface area contributed by atoms with E-state index in [4.69, 9.17) is 28.4 Å². The van der Waals surface area contributed by atoms with Crippen molar-refractivity contribution in [3.63, 3.8) is 0 Å². The summed E-state index contributed by atoms with van der Waals surface area (Å²) in [6.45, 7) is 1.26. The van der Waals surface area contributed by atoms with Crippen molar-refractivity contribution in [3.05, 3.63) is 131 Å². The fourth-order valence-electron chi connectivity index (χ4n) is 5.08. The zero-order valence-electron chi connectivity index (χ0n) is 24.0. The summed E-state index contributed by atoms with van der Waals surface area (Å²) in [4.78, 5) is 0. The molecule has 5 atom stereocenters. The molecular weight excluding hydrogens is 532 g/mol. The van der Waals surface area contributed by atoms with Gasteiger partial charge in [-0.25, -0.2) is 0 Å². The molecule has 1 aliphatic carbocycles. The van der Waals surface area contributed by atoms with Crippen molar-refractivity contribution in [2.75, 3.05) is 14.2 Å².